The van der Waals surface area contributed by atoms with E-state index in [2.05, 4.69) is 21.4 Å². The van der Waals surface area contributed by atoms with Crippen LogP contribution < -0.4 is 19.8 Å². The molecule has 4 amide bonds. The number of phenolic OH excluding ortho intramolecular Hbond substituents is 1. The first-order valence-corrected chi connectivity index (χ1v) is 19.3. The maximum Gasteiger partial charge on any atom is 0.260 e. The van der Waals surface area contributed by atoms with Crippen LogP contribution in [0.4, 0.5) is 11.4 Å². The van der Waals surface area contributed by atoms with Crippen LogP contribution in [0.3, 0.4) is 0 Å². The van der Waals surface area contributed by atoms with Gasteiger partial charge in [0.1, 0.15) is 17.2 Å². The number of carbonyl (C=O) groups is 4. The number of methoxy groups -OCH3 is 1. The van der Waals surface area contributed by atoms with Gasteiger partial charge >= 0.3 is 0 Å². The van der Waals surface area contributed by atoms with E-state index in [4.69, 9.17) is 32.7 Å². The van der Waals surface area contributed by atoms with Crippen molar-refractivity contribution in [1.29, 1.82) is 0 Å². The van der Waals surface area contributed by atoms with Crippen LogP contribution >= 0.6 is 39.1 Å². The molecule has 10 nitrogen and oxygen atoms in total. The van der Waals surface area contributed by atoms with Crippen molar-refractivity contribution in [2.24, 2.45) is 29.6 Å². The van der Waals surface area contributed by atoms with Crippen molar-refractivity contribution >= 4 is 74.1 Å². The Kier molecular flexibility index (Phi) is 8.60. The van der Waals surface area contributed by atoms with E-state index in [-0.39, 0.29) is 41.8 Å². The van der Waals surface area contributed by atoms with Crippen LogP contribution in [0.15, 0.2) is 113 Å². The average molecular weight is 842 g/mol. The summed E-state index contributed by atoms with van der Waals surface area (Å²) >= 11 is 16.2. The molecule has 1 saturated carbocycles. The molecular formula is C42H32BrCl2N3O7. The van der Waals surface area contributed by atoms with Crippen LogP contribution in [0.1, 0.15) is 24.0 Å². The van der Waals surface area contributed by atoms with Crippen molar-refractivity contribution in [3.63, 3.8) is 0 Å². The van der Waals surface area contributed by atoms with Crippen molar-refractivity contribution in [1.82, 2.24) is 5.01 Å². The van der Waals surface area contributed by atoms with Gasteiger partial charge in [0.2, 0.25) is 11.8 Å². The van der Waals surface area contributed by atoms with E-state index in [0.717, 1.165) is 15.1 Å². The molecule has 0 spiro atoms. The fraction of sp³-hybridized carbons (Fsp3) is 0.238. The van der Waals surface area contributed by atoms with Gasteiger partial charge in [-0.15, -0.1) is 0 Å². The third kappa shape index (κ3) is 5.42. The Morgan fingerprint density at radius 3 is 2.40 bits per heavy atom. The van der Waals surface area contributed by atoms with Crippen LogP contribution in [-0.4, -0.2) is 40.9 Å². The fourth-order valence-corrected chi connectivity index (χ4v) is 10.2. The summed E-state index contributed by atoms with van der Waals surface area (Å²) in [5, 5.41) is 12.1. The molecule has 0 bridgehead atoms. The van der Waals surface area contributed by atoms with E-state index in [1.54, 1.807) is 86.2 Å². The number of allylic oxidation sites excluding steroid dienone is 3. The van der Waals surface area contributed by atoms with Gasteiger partial charge in [0.25, 0.3) is 11.8 Å². The van der Waals surface area contributed by atoms with Crippen LogP contribution in [0, 0.1) is 29.6 Å². The Labute approximate surface area is 334 Å². The van der Waals surface area contributed by atoms with Crippen molar-refractivity contribution in [2.75, 3.05) is 17.4 Å². The molecule has 0 radical (unpaired) electrons. The number of amides is 4. The standard InChI is InChI=1S/C42H32BrCl2N3O7/c1-54-28-10-2-23(3-11-28)42-32(39(51)48(41(42)53)46-34-14-6-25(44)18-33(34)45)19-31-29(37(42)22-16-21-17-27(49)9-15-35(21)55-20-22)12-13-30-36(31)40(52)47(38(30)50)26-7-4-24(43)5-8-26/h2-12,14-15,17-18,20,30-32,36-37,46,49H,13,16,19H2,1H3/t30-,31+,32-,36-,37-,42+/m0/s1. The van der Waals surface area contributed by atoms with Gasteiger partial charge < -0.3 is 14.6 Å². The smallest absolute Gasteiger partial charge is 0.260 e. The number of hydrazine groups is 1. The predicted octanol–water partition coefficient (Wildman–Crippen LogP) is 8.01. The minimum atomic E-state index is -1.54. The normalized spacial score (nSPS) is 26.7. The molecule has 4 aromatic carbocycles. The molecule has 55 heavy (non-hydrogen) atoms. The number of benzene rings is 4. The van der Waals surface area contributed by atoms with E-state index in [1.165, 1.54) is 17.0 Å². The van der Waals surface area contributed by atoms with Crippen molar-refractivity contribution in [3.8, 4) is 17.2 Å². The minimum Gasteiger partial charge on any atom is -0.508 e. The number of imide groups is 2. The second-order valence-corrected chi connectivity index (χ2v) is 16.2. The number of carbonyl (C=O) groups excluding carboxylic acids is 4. The highest BCUT2D eigenvalue weighted by molar-refractivity contribution is 9.10. The second-order valence-electron chi connectivity index (χ2n) is 14.5. The fourth-order valence-electron chi connectivity index (χ4n) is 9.50. The number of ether oxygens (including phenoxy) is 2. The second kappa shape index (κ2) is 13.3. The van der Waals surface area contributed by atoms with E-state index in [9.17, 15) is 14.7 Å². The Bertz CT molecular complexity index is 2380. The highest BCUT2D eigenvalue weighted by Gasteiger charge is 2.71. The van der Waals surface area contributed by atoms with E-state index < -0.39 is 46.8 Å². The molecule has 2 aliphatic carbocycles. The number of fused-ring (bicyclic) bond motifs is 5. The molecule has 4 aromatic rings. The monoisotopic (exact) mass is 839 g/mol. The number of phenols is 1. The lowest BCUT2D eigenvalue weighted by molar-refractivity contribution is -0.139. The number of rotatable bonds is 6. The number of nitrogens with one attached hydrogen (secondary N) is 1. The lowest BCUT2D eigenvalue weighted by Gasteiger charge is -2.51. The first kappa shape index (κ1) is 35.6. The number of hydrogen-bond acceptors (Lipinski definition) is 8. The number of anilines is 2. The topological polar surface area (TPSA) is 125 Å². The molecule has 278 valence electrons. The van der Waals surface area contributed by atoms with Crippen LogP contribution in [0.5, 0.6) is 17.2 Å². The quantitative estimate of drug-likeness (QED) is 0.148. The SMILES string of the molecule is COc1ccc([C@@]23C(=O)N(Nc4ccc(Cl)cc4Cl)C(=O)[C@@H]2C[C@@H]2C(=CC[C@@H]4C(=O)N(c5ccc(Br)cc5)C(=O)[C@@H]42)[C@@H]3C2=COc3ccc(O)cc3C2)cc1. The zero-order valence-electron chi connectivity index (χ0n) is 29.2. The van der Waals surface area contributed by atoms with Crippen LogP contribution in [0.2, 0.25) is 10.0 Å². The van der Waals surface area contributed by atoms with Crippen molar-refractivity contribution < 1.29 is 33.8 Å². The third-order valence-electron chi connectivity index (χ3n) is 11.8. The summed E-state index contributed by atoms with van der Waals surface area (Å²) in [6, 6.07) is 23.7. The molecule has 3 heterocycles. The summed E-state index contributed by atoms with van der Waals surface area (Å²) < 4.78 is 12.5. The first-order valence-electron chi connectivity index (χ1n) is 17.8. The van der Waals surface area contributed by atoms with Gasteiger partial charge in [-0.05, 0) is 103 Å². The summed E-state index contributed by atoms with van der Waals surface area (Å²) in [5.41, 5.74) is 4.99. The summed E-state index contributed by atoms with van der Waals surface area (Å²) in [6.45, 7) is 0. The molecule has 2 saturated heterocycles. The molecule has 6 atom stereocenters. The van der Waals surface area contributed by atoms with Gasteiger partial charge in [0.05, 0.1) is 52.9 Å². The largest absolute Gasteiger partial charge is 0.508 e. The van der Waals surface area contributed by atoms with Gasteiger partial charge in [-0.3, -0.25) is 29.5 Å². The maximum absolute atomic E-state index is 15.5. The van der Waals surface area contributed by atoms with Gasteiger partial charge in [0.15, 0.2) is 0 Å². The number of hydrogen-bond donors (Lipinski definition) is 2. The summed E-state index contributed by atoms with van der Waals surface area (Å²) in [5.74, 6) is -4.27. The lowest BCUT2D eigenvalue weighted by atomic mass is 9.48. The molecule has 3 aliphatic heterocycles. The Morgan fingerprint density at radius 1 is 0.909 bits per heavy atom. The molecule has 13 heteroatoms. The zero-order chi connectivity index (χ0) is 38.3. The van der Waals surface area contributed by atoms with Crippen LogP contribution in [0.25, 0.3) is 0 Å². The molecular weight excluding hydrogens is 809 g/mol. The van der Waals surface area contributed by atoms with E-state index in [1.807, 2.05) is 6.08 Å². The Morgan fingerprint density at radius 2 is 1.67 bits per heavy atom. The Hall–Kier alpha value is -5.10. The highest BCUT2D eigenvalue weighted by Crippen LogP contribution is 2.63. The molecule has 9 rings (SSSR count). The third-order valence-corrected chi connectivity index (χ3v) is 12.9. The summed E-state index contributed by atoms with van der Waals surface area (Å²) in [6.07, 6.45) is 4.29. The summed E-state index contributed by atoms with van der Waals surface area (Å²) in [7, 11) is 1.55. The van der Waals surface area contributed by atoms with Gasteiger partial charge in [-0.25, -0.2) is 0 Å². The average Bonchev–Trinajstić information content (AvgIpc) is 3.56. The highest BCUT2D eigenvalue weighted by atomic mass is 79.9. The minimum absolute atomic E-state index is 0.0537. The van der Waals surface area contributed by atoms with Crippen LogP contribution in [-0.2, 0) is 31.0 Å². The molecule has 5 aliphatic rings. The first-order chi connectivity index (χ1) is 26.5. The zero-order valence-corrected chi connectivity index (χ0v) is 32.3. The van der Waals surface area contributed by atoms with Crippen molar-refractivity contribution in [2.45, 2.75) is 24.7 Å². The number of nitrogens with zero attached hydrogens (tertiary/aromatic N) is 2. The number of aromatic hydroxyl groups is 1. The van der Waals surface area contributed by atoms with E-state index in [0.29, 0.717) is 44.6 Å². The molecule has 3 fully saturated rings. The molecule has 0 aromatic heterocycles. The van der Waals surface area contributed by atoms with Gasteiger partial charge in [-0.2, -0.15) is 5.01 Å². The van der Waals surface area contributed by atoms with Crippen molar-refractivity contribution in [3.05, 3.63) is 134 Å². The molecule has 0 unspecified atom stereocenters. The maximum atomic E-state index is 15.5. The van der Waals surface area contributed by atoms with E-state index >= 15 is 9.59 Å². The lowest BCUT2D eigenvalue weighted by Crippen LogP contribution is -2.55. The van der Waals surface area contributed by atoms with Gasteiger partial charge in [-0.1, -0.05) is 62.9 Å². The molecule has 2 N–H and O–H groups in total. The number of halogens is 3. The summed E-state index contributed by atoms with van der Waals surface area (Å²) in [4.78, 5) is 60.5. The van der Waals surface area contributed by atoms with Gasteiger partial charge in [0, 0.05) is 27.4 Å². The Balaban J connectivity index is 1.23. The predicted molar refractivity (Wildman–Crippen MR) is 209 cm³/mol.